The van der Waals surface area contributed by atoms with Gasteiger partial charge in [0.15, 0.2) is 0 Å². The first-order valence-corrected chi connectivity index (χ1v) is 13.8. The summed E-state index contributed by atoms with van der Waals surface area (Å²) in [4.78, 5) is 33.3. The maximum Gasteiger partial charge on any atom is 0.263 e. The van der Waals surface area contributed by atoms with Crippen LogP contribution in [-0.4, -0.2) is 22.8 Å². The Hall–Kier alpha value is -3.28. The smallest absolute Gasteiger partial charge is 0.263 e. The van der Waals surface area contributed by atoms with Crippen molar-refractivity contribution in [2.45, 2.75) is 38.1 Å². The van der Waals surface area contributed by atoms with Gasteiger partial charge in [-0.05, 0) is 48.2 Å². The molecule has 2 aromatic carbocycles. The summed E-state index contributed by atoms with van der Waals surface area (Å²) < 4.78 is 0. The summed E-state index contributed by atoms with van der Waals surface area (Å²) in [5.41, 5.74) is 3.37. The van der Waals surface area contributed by atoms with Crippen molar-refractivity contribution in [1.82, 2.24) is 4.90 Å². The van der Waals surface area contributed by atoms with Crippen molar-refractivity contribution < 1.29 is 9.59 Å². The van der Waals surface area contributed by atoms with E-state index in [1.54, 1.807) is 27.6 Å². The average Bonchev–Trinajstić information content (AvgIpc) is 3.64. The van der Waals surface area contributed by atoms with E-state index in [2.05, 4.69) is 36.4 Å². The molecular formula is C30H25NO2S2. The maximum atomic E-state index is 13.9. The molecule has 2 amide bonds. The lowest BCUT2D eigenvalue weighted by atomic mass is 9.94. The highest BCUT2D eigenvalue weighted by molar-refractivity contribution is 7.18. The van der Waals surface area contributed by atoms with Crippen molar-refractivity contribution in [3.63, 3.8) is 0 Å². The Balaban J connectivity index is 1.45. The molecule has 0 atom stereocenters. The van der Waals surface area contributed by atoms with Crippen LogP contribution in [0, 0.1) is 0 Å². The lowest BCUT2D eigenvalue weighted by Gasteiger charge is -2.29. The number of hydrogen-bond donors (Lipinski definition) is 0. The van der Waals surface area contributed by atoms with E-state index in [9.17, 15) is 9.59 Å². The van der Waals surface area contributed by atoms with Gasteiger partial charge in [0.2, 0.25) is 0 Å². The van der Waals surface area contributed by atoms with Gasteiger partial charge in [-0.3, -0.25) is 14.5 Å². The summed E-state index contributed by atoms with van der Waals surface area (Å²) in [6.07, 6.45) is 5.12. The van der Waals surface area contributed by atoms with E-state index in [-0.39, 0.29) is 17.9 Å². The van der Waals surface area contributed by atoms with Crippen LogP contribution >= 0.6 is 22.7 Å². The summed E-state index contributed by atoms with van der Waals surface area (Å²) in [7, 11) is 0. The molecule has 5 heteroatoms. The third-order valence-electron chi connectivity index (χ3n) is 6.88. The fourth-order valence-electron chi connectivity index (χ4n) is 5.13. The lowest BCUT2D eigenvalue weighted by molar-refractivity contribution is -0.139. The molecule has 0 saturated heterocycles. The molecule has 35 heavy (non-hydrogen) atoms. The Morgan fingerprint density at radius 1 is 0.543 bits per heavy atom. The molecule has 3 heterocycles. The van der Waals surface area contributed by atoms with Gasteiger partial charge < -0.3 is 0 Å². The van der Waals surface area contributed by atoms with Crippen molar-refractivity contribution in [2.24, 2.45) is 0 Å². The zero-order valence-corrected chi connectivity index (χ0v) is 20.9. The number of nitrogens with zero attached hydrogens (tertiary/aromatic N) is 1. The molecule has 0 radical (unpaired) electrons. The summed E-state index contributed by atoms with van der Waals surface area (Å²) in [5.74, 6) is -0.263. The highest BCUT2D eigenvalue weighted by Crippen LogP contribution is 2.45. The number of carbonyl (C=O) groups is 2. The predicted octanol–water partition coefficient (Wildman–Crippen LogP) is 7.76. The molecule has 1 fully saturated rings. The third-order valence-corrected chi connectivity index (χ3v) is 9.18. The van der Waals surface area contributed by atoms with Crippen molar-refractivity contribution in [2.75, 3.05) is 0 Å². The van der Waals surface area contributed by atoms with E-state index in [1.807, 2.05) is 48.5 Å². The average molecular weight is 496 g/mol. The number of benzene rings is 2. The first-order valence-electron chi connectivity index (χ1n) is 12.1. The molecule has 174 valence electrons. The molecule has 1 saturated carbocycles. The quantitative estimate of drug-likeness (QED) is 0.265. The number of thiophene rings is 2. The second-order valence-electron chi connectivity index (χ2n) is 9.08. The zero-order chi connectivity index (χ0) is 23.8. The molecule has 0 spiro atoms. The number of imide groups is 1. The maximum absolute atomic E-state index is 13.9. The van der Waals surface area contributed by atoms with E-state index >= 15 is 0 Å². The summed E-state index contributed by atoms with van der Waals surface area (Å²) >= 11 is 3.17. The van der Waals surface area contributed by atoms with Crippen LogP contribution < -0.4 is 0 Å². The fraction of sp³-hybridized carbons (Fsp3) is 0.200. The molecular weight excluding hydrogens is 470 g/mol. The Bertz CT molecular complexity index is 1310. The first-order chi connectivity index (χ1) is 17.2. The second kappa shape index (κ2) is 9.40. The molecule has 1 aliphatic carbocycles. The van der Waals surface area contributed by atoms with Gasteiger partial charge >= 0.3 is 0 Å². The van der Waals surface area contributed by atoms with Crippen molar-refractivity contribution in [1.29, 1.82) is 0 Å². The fourth-order valence-corrected chi connectivity index (χ4v) is 7.24. The molecule has 3 nitrogen and oxygen atoms in total. The minimum absolute atomic E-state index is 0.00152. The van der Waals surface area contributed by atoms with E-state index in [4.69, 9.17) is 0 Å². The number of rotatable bonds is 5. The van der Waals surface area contributed by atoms with Crippen LogP contribution in [0.2, 0.25) is 0 Å². The molecule has 4 aromatic rings. The minimum Gasteiger partial charge on any atom is -0.271 e. The van der Waals surface area contributed by atoms with Crippen LogP contribution in [0.1, 0.15) is 41.9 Å². The first kappa shape index (κ1) is 22.2. The van der Waals surface area contributed by atoms with Gasteiger partial charge in [-0.2, -0.15) is 0 Å². The van der Waals surface area contributed by atoms with Crippen LogP contribution in [-0.2, 0) is 9.59 Å². The van der Waals surface area contributed by atoms with Crippen LogP contribution in [0.15, 0.2) is 84.9 Å². The Morgan fingerprint density at radius 3 is 1.43 bits per heavy atom. The highest BCUT2D eigenvalue weighted by atomic mass is 32.1. The molecule has 0 bridgehead atoms. The van der Waals surface area contributed by atoms with E-state index < -0.39 is 0 Å². The minimum atomic E-state index is -0.131. The SMILES string of the molecule is O=C1C(c2ccc(-c3ccccc3)s2)=C(c2ccc(-c3ccccc3)s2)C(=O)N1C1CCCCC1. The Labute approximate surface area is 213 Å². The number of carbonyl (C=O) groups excluding carboxylic acids is 2. The van der Waals surface area contributed by atoms with Gasteiger partial charge in [0.1, 0.15) is 0 Å². The van der Waals surface area contributed by atoms with Crippen LogP contribution in [0.3, 0.4) is 0 Å². The van der Waals surface area contributed by atoms with Gasteiger partial charge in [-0.1, -0.05) is 79.9 Å². The highest BCUT2D eigenvalue weighted by Gasteiger charge is 2.44. The van der Waals surface area contributed by atoms with E-state index in [1.165, 1.54) is 6.42 Å². The molecule has 2 aromatic heterocycles. The van der Waals surface area contributed by atoms with Gasteiger partial charge in [-0.15, -0.1) is 22.7 Å². The normalized spacial score (nSPS) is 17.0. The van der Waals surface area contributed by atoms with E-state index in [0.717, 1.165) is 56.3 Å². The van der Waals surface area contributed by atoms with E-state index in [0.29, 0.717) is 11.1 Å². The second-order valence-corrected chi connectivity index (χ2v) is 11.2. The Morgan fingerprint density at radius 2 is 0.971 bits per heavy atom. The van der Waals surface area contributed by atoms with Crippen LogP contribution in [0.25, 0.3) is 32.0 Å². The topological polar surface area (TPSA) is 37.4 Å². The van der Waals surface area contributed by atoms with Crippen molar-refractivity contribution in [3.8, 4) is 20.9 Å². The number of amides is 2. The van der Waals surface area contributed by atoms with Crippen LogP contribution in [0.5, 0.6) is 0 Å². The molecule has 6 rings (SSSR count). The molecule has 0 unspecified atom stereocenters. The monoisotopic (exact) mass is 495 g/mol. The van der Waals surface area contributed by atoms with Gasteiger partial charge in [0.05, 0.1) is 11.1 Å². The molecule has 2 aliphatic rings. The molecule has 0 N–H and O–H groups in total. The largest absolute Gasteiger partial charge is 0.271 e. The van der Waals surface area contributed by atoms with Crippen molar-refractivity contribution in [3.05, 3.63) is 94.7 Å². The number of hydrogen-bond acceptors (Lipinski definition) is 4. The lowest BCUT2D eigenvalue weighted by Crippen LogP contribution is -2.42. The van der Waals surface area contributed by atoms with Gasteiger partial charge in [0.25, 0.3) is 11.8 Å². The Kier molecular flexibility index (Phi) is 5.96. The van der Waals surface area contributed by atoms with Crippen LogP contribution in [0.4, 0.5) is 0 Å². The molecule has 1 aliphatic heterocycles. The summed E-state index contributed by atoms with van der Waals surface area (Å²) in [6, 6.07) is 28.5. The summed E-state index contributed by atoms with van der Waals surface area (Å²) in [5, 5.41) is 0. The predicted molar refractivity (Wildman–Crippen MR) is 145 cm³/mol. The zero-order valence-electron chi connectivity index (χ0n) is 19.3. The third kappa shape index (κ3) is 4.09. The van der Waals surface area contributed by atoms with Gasteiger partial charge in [-0.25, -0.2) is 0 Å². The summed E-state index contributed by atoms with van der Waals surface area (Å²) in [6.45, 7) is 0. The van der Waals surface area contributed by atoms with Gasteiger partial charge in [0, 0.05) is 25.6 Å². The standard InChI is InChI=1S/C30H25NO2S2/c32-29-27(25-18-16-23(34-25)20-10-4-1-5-11-20)28(30(33)31(29)22-14-8-3-9-15-22)26-19-17-24(35-26)21-12-6-2-7-13-21/h1-2,4-7,10-13,16-19,22H,3,8-9,14-15H2. The van der Waals surface area contributed by atoms with Crippen molar-refractivity contribution >= 4 is 45.6 Å².